The van der Waals surface area contributed by atoms with Crippen LogP contribution >= 0.6 is 11.6 Å². The van der Waals surface area contributed by atoms with Gasteiger partial charge in [-0.15, -0.1) is 0 Å². The van der Waals surface area contributed by atoms with Crippen LogP contribution in [-0.2, 0) is 13.5 Å². The lowest BCUT2D eigenvalue weighted by Gasteiger charge is -2.17. The Balaban J connectivity index is 2.25. The molecular formula is C13H17ClN4. The molecule has 1 unspecified atom stereocenters. The van der Waals surface area contributed by atoms with E-state index in [1.165, 1.54) is 5.56 Å². The number of hydrogen-bond donors (Lipinski definition) is 2. The second kappa shape index (κ2) is 5.52. The molecule has 4 nitrogen and oxygen atoms in total. The second-order valence-corrected chi connectivity index (χ2v) is 4.84. The van der Waals surface area contributed by atoms with Gasteiger partial charge in [0.15, 0.2) is 0 Å². The second-order valence-electron chi connectivity index (χ2n) is 4.41. The molecule has 0 aliphatic heterocycles. The summed E-state index contributed by atoms with van der Waals surface area (Å²) in [5.41, 5.74) is 6.11. The zero-order valence-electron chi connectivity index (χ0n) is 10.5. The monoisotopic (exact) mass is 264 g/mol. The van der Waals surface area contributed by atoms with Crippen LogP contribution in [-0.4, -0.2) is 9.78 Å². The summed E-state index contributed by atoms with van der Waals surface area (Å²) in [4.78, 5) is 0. The Morgan fingerprint density at radius 3 is 2.83 bits per heavy atom. The van der Waals surface area contributed by atoms with E-state index >= 15 is 0 Å². The van der Waals surface area contributed by atoms with E-state index in [2.05, 4.69) is 17.4 Å². The van der Waals surface area contributed by atoms with E-state index in [0.29, 0.717) is 0 Å². The lowest BCUT2D eigenvalue weighted by molar-refractivity contribution is 0.539. The van der Waals surface area contributed by atoms with Crippen LogP contribution < -0.4 is 11.3 Å². The van der Waals surface area contributed by atoms with Gasteiger partial charge in [-0.3, -0.25) is 16.0 Å². The highest BCUT2D eigenvalue weighted by molar-refractivity contribution is 6.30. The molecule has 5 heteroatoms. The highest BCUT2D eigenvalue weighted by Crippen LogP contribution is 2.23. The predicted molar refractivity (Wildman–Crippen MR) is 73.2 cm³/mol. The zero-order chi connectivity index (χ0) is 13.1. The van der Waals surface area contributed by atoms with Crippen LogP contribution in [0.15, 0.2) is 30.5 Å². The summed E-state index contributed by atoms with van der Waals surface area (Å²) in [7, 11) is 1.90. The first-order valence-corrected chi connectivity index (χ1v) is 6.18. The third-order valence-corrected chi connectivity index (χ3v) is 3.24. The molecule has 1 atom stereocenters. The average molecular weight is 265 g/mol. The first kappa shape index (κ1) is 13.1. The van der Waals surface area contributed by atoms with Crippen LogP contribution in [0, 0.1) is 6.92 Å². The molecule has 3 N–H and O–H groups in total. The predicted octanol–water partition coefficient (Wildman–Crippen LogP) is 2.13. The molecule has 18 heavy (non-hydrogen) atoms. The number of aryl methyl sites for hydroxylation is 2. The molecule has 1 heterocycles. The number of benzene rings is 1. The fourth-order valence-corrected chi connectivity index (χ4v) is 2.21. The van der Waals surface area contributed by atoms with Crippen LogP contribution in [0.3, 0.4) is 0 Å². The summed E-state index contributed by atoms with van der Waals surface area (Å²) in [6.07, 6.45) is 2.66. The Hall–Kier alpha value is -1.36. The first-order valence-electron chi connectivity index (χ1n) is 5.81. The van der Waals surface area contributed by atoms with E-state index in [1.54, 1.807) is 4.68 Å². The summed E-state index contributed by atoms with van der Waals surface area (Å²) >= 11 is 6.04. The zero-order valence-corrected chi connectivity index (χ0v) is 11.3. The van der Waals surface area contributed by atoms with E-state index in [1.807, 2.05) is 37.5 Å². The molecule has 2 rings (SSSR count). The van der Waals surface area contributed by atoms with Gasteiger partial charge in [0.1, 0.15) is 0 Å². The van der Waals surface area contributed by atoms with Crippen molar-refractivity contribution in [2.75, 3.05) is 0 Å². The Kier molecular flexibility index (Phi) is 4.01. The van der Waals surface area contributed by atoms with E-state index in [0.717, 1.165) is 22.7 Å². The van der Waals surface area contributed by atoms with Crippen molar-refractivity contribution in [2.45, 2.75) is 19.4 Å². The Morgan fingerprint density at radius 2 is 2.22 bits per heavy atom. The first-order chi connectivity index (χ1) is 8.60. The van der Waals surface area contributed by atoms with Crippen molar-refractivity contribution in [1.82, 2.24) is 15.2 Å². The van der Waals surface area contributed by atoms with Crippen molar-refractivity contribution in [3.8, 4) is 0 Å². The maximum atomic E-state index is 6.04. The fraction of sp³-hybridized carbons (Fsp3) is 0.308. The largest absolute Gasteiger partial charge is 0.276 e. The molecule has 96 valence electrons. The third-order valence-electron chi connectivity index (χ3n) is 3.00. The molecule has 2 aromatic rings. The lowest BCUT2D eigenvalue weighted by atomic mass is 9.98. The SMILES string of the molecule is Cc1ccc(Cl)cc1C(Cc1ccn(C)n1)NN. The van der Waals surface area contributed by atoms with E-state index in [4.69, 9.17) is 17.4 Å². The third kappa shape index (κ3) is 2.90. The minimum atomic E-state index is 0.0126. The van der Waals surface area contributed by atoms with Crippen LogP contribution in [0.1, 0.15) is 22.9 Å². The van der Waals surface area contributed by atoms with Gasteiger partial charge in [-0.25, -0.2) is 0 Å². The van der Waals surface area contributed by atoms with Crippen molar-refractivity contribution >= 4 is 11.6 Å². The molecule has 0 bridgehead atoms. The smallest absolute Gasteiger partial charge is 0.0643 e. The molecule has 0 aliphatic carbocycles. The van der Waals surface area contributed by atoms with Gasteiger partial charge in [-0.1, -0.05) is 17.7 Å². The summed E-state index contributed by atoms with van der Waals surface area (Å²) in [6, 6.07) is 7.84. The lowest BCUT2D eigenvalue weighted by Crippen LogP contribution is -2.30. The summed E-state index contributed by atoms with van der Waals surface area (Å²) in [6.45, 7) is 2.05. The Morgan fingerprint density at radius 1 is 1.44 bits per heavy atom. The van der Waals surface area contributed by atoms with Crippen molar-refractivity contribution in [3.63, 3.8) is 0 Å². The molecular weight excluding hydrogens is 248 g/mol. The van der Waals surface area contributed by atoms with Gasteiger partial charge in [-0.2, -0.15) is 5.10 Å². The molecule has 0 spiro atoms. The topological polar surface area (TPSA) is 55.9 Å². The minimum absolute atomic E-state index is 0.0126. The molecule has 0 saturated heterocycles. The number of aromatic nitrogens is 2. The number of nitrogens with two attached hydrogens (primary N) is 1. The molecule has 1 aromatic heterocycles. The Bertz CT molecular complexity index is 536. The number of nitrogens with one attached hydrogen (secondary N) is 1. The summed E-state index contributed by atoms with van der Waals surface area (Å²) in [5, 5.41) is 5.08. The molecule has 0 radical (unpaired) electrons. The van der Waals surface area contributed by atoms with E-state index in [-0.39, 0.29) is 6.04 Å². The number of halogens is 1. The number of hydrogen-bond acceptors (Lipinski definition) is 3. The maximum absolute atomic E-state index is 6.04. The van der Waals surface area contributed by atoms with Crippen LogP contribution in [0.25, 0.3) is 0 Å². The van der Waals surface area contributed by atoms with Crippen molar-refractivity contribution in [1.29, 1.82) is 0 Å². The van der Waals surface area contributed by atoms with Gasteiger partial charge in [0.2, 0.25) is 0 Å². The number of rotatable bonds is 4. The standard InChI is InChI=1S/C13H17ClN4/c1-9-3-4-10(14)7-12(9)13(16-15)8-11-5-6-18(2)17-11/h3-7,13,16H,8,15H2,1-2H3. The Labute approximate surface area is 112 Å². The summed E-state index contributed by atoms with van der Waals surface area (Å²) < 4.78 is 1.79. The quantitative estimate of drug-likeness (QED) is 0.657. The maximum Gasteiger partial charge on any atom is 0.0643 e. The van der Waals surface area contributed by atoms with Crippen LogP contribution in [0.2, 0.25) is 5.02 Å². The van der Waals surface area contributed by atoms with Gasteiger partial charge in [0.05, 0.1) is 11.7 Å². The van der Waals surface area contributed by atoms with Crippen LogP contribution in [0.5, 0.6) is 0 Å². The average Bonchev–Trinajstić information content (AvgIpc) is 2.75. The molecule has 0 fully saturated rings. The summed E-state index contributed by atoms with van der Waals surface area (Å²) in [5.74, 6) is 5.65. The highest BCUT2D eigenvalue weighted by atomic mass is 35.5. The number of nitrogens with zero attached hydrogens (tertiary/aromatic N) is 2. The normalized spacial score (nSPS) is 12.7. The van der Waals surface area contributed by atoms with Gasteiger partial charge in [-0.05, 0) is 36.2 Å². The molecule has 1 aromatic carbocycles. The van der Waals surface area contributed by atoms with Crippen molar-refractivity contribution in [2.24, 2.45) is 12.9 Å². The number of hydrazine groups is 1. The van der Waals surface area contributed by atoms with E-state index in [9.17, 15) is 0 Å². The minimum Gasteiger partial charge on any atom is -0.276 e. The molecule has 0 amide bonds. The van der Waals surface area contributed by atoms with Crippen molar-refractivity contribution in [3.05, 3.63) is 52.3 Å². The van der Waals surface area contributed by atoms with Gasteiger partial charge in [0, 0.05) is 24.7 Å². The van der Waals surface area contributed by atoms with Crippen LogP contribution in [0.4, 0.5) is 0 Å². The molecule has 0 aliphatic rings. The van der Waals surface area contributed by atoms with Gasteiger partial charge in [0.25, 0.3) is 0 Å². The van der Waals surface area contributed by atoms with Gasteiger partial charge < -0.3 is 0 Å². The van der Waals surface area contributed by atoms with Gasteiger partial charge >= 0.3 is 0 Å². The van der Waals surface area contributed by atoms with Crippen molar-refractivity contribution < 1.29 is 0 Å². The fourth-order valence-electron chi connectivity index (χ4n) is 2.03. The van der Waals surface area contributed by atoms with E-state index < -0.39 is 0 Å². The highest BCUT2D eigenvalue weighted by Gasteiger charge is 2.14. The molecule has 0 saturated carbocycles.